The summed E-state index contributed by atoms with van der Waals surface area (Å²) in [6, 6.07) is 4.02. The molecule has 4 N–H and O–H groups in total. The predicted molar refractivity (Wildman–Crippen MR) is 103 cm³/mol. The number of aryl methyl sites for hydroxylation is 1. The van der Waals surface area contributed by atoms with E-state index in [4.69, 9.17) is 17.0 Å². The normalized spacial score (nSPS) is 16.5. The number of aromatic hydroxyl groups is 1. The summed E-state index contributed by atoms with van der Waals surface area (Å²) in [6.45, 7) is 9.05. The summed E-state index contributed by atoms with van der Waals surface area (Å²) < 4.78 is 0. The van der Waals surface area contributed by atoms with Crippen LogP contribution in [0, 0.1) is 6.92 Å². The Labute approximate surface area is 149 Å². The largest absolute Gasteiger partial charge is 0.505 e. The second-order valence-electron chi connectivity index (χ2n) is 7.15. The summed E-state index contributed by atoms with van der Waals surface area (Å²) >= 11 is 5.91. The van der Waals surface area contributed by atoms with Crippen LogP contribution in [0.15, 0.2) is 47.0 Å². The fourth-order valence-electron chi connectivity index (χ4n) is 2.65. The molecule has 128 valence electrons. The van der Waals surface area contributed by atoms with Crippen LogP contribution >= 0.6 is 11.6 Å². The lowest BCUT2D eigenvalue weighted by Gasteiger charge is -2.23. The molecule has 3 nitrogen and oxygen atoms in total. The molecule has 4 heteroatoms. The van der Waals surface area contributed by atoms with Crippen LogP contribution < -0.4 is 10.7 Å². The fourth-order valence-corrected chi connectivity index (χ4v) is 2.83. The lowest BCUT2D eigenvalue weighted by molar-refractivity contribution is -0.111. The van der Waals surface area contributed by atoms with Crippen molar-refractivity contribution in [1.82, 2.24) is 0 Å². The summed E-state index contributed by atoms with van der Waals surface area (Å²) in [6.07, 6.45) is 8.36. The first-order valence-electron chi connectivity index (χ1n) is 8.14. The molecule has 24 heavy (non-hydrogen) atoms. The van der Waals surface area contributed by atoms with Gasteiger partial charge in [0.05, 0.1) is 5.69 Å². The van der Waals surface area contributed by atoms with Gasteiger partial charge in [-0.25, -0.2) is 0 Å². The molecule has 0 saturated heterocycles. The molecule has 0 aromatic heterocycles. The highest BCUT2D eigenvalue weighted by Gasteiger charge is 2.20. The van der Waals surface area contributed by atoms with Crippen molar-refractivity contribution in [1.29, 1.82) is 0 Å². The van der Waals surface area contributed by atoms with Crippen LogP contribution in [-0.2, 0) is 5.41 Å². The highest BCUT2D eigenvalue weighted by Crippen LogP contribution is 2.37. The second kappa shape index (κ2) is 7.27. The van der Waals surface area contributed by atoms with E-state index in [1.807, 2.05) is 31.2 Å². The van der Waals surface area contributed by atoms with Gasteiger partial charge in [0.2, 0.25) is 5.71 Å². The third kappa shape index (κ3) is 4.51. The molecule has 1 aromatic carbocycles. The van der Waals surface area contributed by atoms with Gasteiger partial charge >= 0.3 is 0 Å². The number of rotatable bonds is 4. The van der Waals surface area contributed by atoms with Crippen LogP contribution in [0.5, 0.6) is 5.75 Å². The van der Waals surface area contributed by atoms with Crippen LogP contribution in [0.3, 0.4) is 0 Å². The van der Waals surface area contributed by atoms with Crippen molar-refractivity contribution >= 4 is 23.0 Å². The maximum Gasteiger partial charge on any atom is 0.205 e. The summed E-state index contributed by atoms with van der Waals surface area (Å²) in [5, 5.41) is 20.4. The standard InChI is InChI=1S/C20H25ClN2O/c1-13-10-16(20(2,3)4)19(24)18(11-13)23-9-5-6-14-7-8-15(21)12-17(14)22/h6-8,10-12,22-24H,5,9H2,1-4H3/p+1/b14-6-,22-17?. The Morgan fingerprint density at radius 2 is 1.96 bits per heavy atom. The van der Waals surface area contributed by atoms with E-state index < -0.39 is 0 Å². The quantitative estimate of drug-likeness (QED) is 0.576. The van der Waals surface area contributed by atoms with E-state index in [2.05, 4.69) is 32.2 Å². The minimum absolute atomic E-state index is 0.101. The molecular weight excluding hydrogens is 320 g/mol. The molecule has 2 rings (SSSR count). The third-order valence-electron chi connectivity index (χ3n) is 3.94. The number of nitrogens with two attached hydrogens (primary N) is 1. The third-order valence-corrected chi connectivity index (χ3v) is 4.17. The number of benzene rings is 1. The Hall–Kier alpha value is -2.00. The summed E-state index contributed by atoms with van der Waals surface area (Å²) in [4.78, 5) is 0. The highest BCUT2D eigenvalue weighted by atomic mass is 35.5. The molecule has 1 aliphatic carbocycles. The number of hydrogen-bond donors (Lipinski definition) is 3. The lowest BCUT2D eigenvalue weighted by atomic mass is 9.85. The zero-order valence-corrected chi connectivity index (χ0v) is 15.5. The molecule has 0 unspecified atom stereocenters. The topological polar surface area (TPSA) is 57.8 Å². The molecular formula is C20H26ClN2O+. The number of phenols is 1. The average molecular weight is 346 g/mol. The van der Waals surface area contributed by atoms with Gasteiger partial charge in [-0.05, 0) is 42.5 Å². The van der Waals surface area contributed by atoms with Crippen molar-refractivity contribution in [2.75, 3.05) is 11.9 Å². The number of anilines is 1. The molecule has 0 aliphatic heterocycles. The van der Waals surface area contributed by atoms with Gasteiger partial charge in [0.1, 0.15) is 5.75 Å². The van der Waals surface area contributed by atoms with E-state index >= 15 is 0 Å². The van der Waals surface area contributed by atoms with Crippen molar-refractivity contribution in [3.63, 3.8) is 0 Å². The Bertz CT molecular complexity index is 737. The van der Waals surface area contributed by atoms with E-state index in [1.54, 1.807) is 6.08 Å². The molecule has 0 radical (unpaired) electrons. The van der Waals surface area contributed by atoms with Gasteiger partial charge in [0.25, 0.3) is 0 Å². The van der Waals surface area contributed by atoms with Crippen LogP contribution in [0.4, 0.5) is 5.69 Å². The Balaban J connectivity index is 2.05. The lowest BCUT2D eigenvalue weighted by Crippen LogP contribution is -2.40. The van der Waals surface area contributed by atoms with E-state index in [0.29, 0.717) is 23.0 Å². The van der Waals surface area contributed by atoms with Crippen LogP contribution in [0.2, 0.25) is 0 Å². The van der Waals surface area contributed by atoms with Gasteiger partial charge in [-0.15, -0.1) is 0 Å². The van der Waals surface area contributed by atoms with E-state index in [0.717, 1.165) is 28.8 Å². The zero-order chi connectivity index (χ0) is 17.9. The van der Waals surface area contributed by atoms with Crippen molar-refractivity contribution in [3.05, 3.63) is 58.2 Å². The van der Waals surface area contributed by atoms with E-state index in [9.17, 15) is 5.11 Å². The highest BCUT2D eigenvalue weighted by molar-refractivity contribution is 6.34. The van der Waals surface area contributed by atoms with Gasteiger partial charge in [-0.1, -0.05) is 44.5 Å². The van der Waals surface area contributed by atoms with Crippen molar-refractivity contribution < 1.29 is 10.5 Å². The number of nitrogens with one attached hydrogen (secondary N) is 1. The summed E-state index contributed by atoms with van der Waals surface area (Å²) in [5.74, 6) is 0.333. The Morgan fingerprint density at radius 1 is 1.25 bits per heavy atom. The monoisotopic (exact) mass is 345 g/mol. The summed E-state index contributed by atoms with van der Waals surface area (Å²) in [5.41, 5.74) is 4.41. The minimum atomic E-state index is -0.101. The fraction of sp³-hybridized carbons (Fsp3) is 0.350. The molecule has 0 saturated carbocycles. The van der Waals surface area contributed by atoms with Crippen molar-refractivity contribution in [2.45, 2.75) is 39.5 Å². The molecule has 0 heterocycles. The number of halogens is 1. The van der Waals surface area contributed by atoms with Gasteiger partial charge in [0, 0.05) is 28.8 Å². The molecule has 0 fully saturated rings. The number of hydrogen-bond acceptors (Lipinski definition) is 2. The molecule has 0 spiro atoms. The first-order chi connectivity index (χ1) is 11.2. The predicted octanol–water partition coefficient (Wildman–Crippen LogP) is 3.62. The Morgan fingerprint density at radius 3 is 2.58 bits per heavy atom. The smallest absolute Gasteiger partial charge is 0.205 e. The minimum Gasteiger partial charge on any atom is -0.505 e. The average Bonchev–Trinajstić information content (AvgIpc) is 2.47. The molecule has 1 aliphatic rings. The SMILES string of the molecule is Cc1cc(NCC/C=C2/C=CC(Cl)=CC2=[NH2+])c(O)c(C(C)(C)C)c1. The van der Waals surface area contributed by atoms with E-state index in [1.165, 1.54) is 0 Å². The molecule has 0 amide bonds. The maximum atomic E-state index is 10.5. The number of allylic oxidation sites excluding steroid dienone is 5. The van der Waals surface area contributed by atoms with E-state index in [-0.39, 0.29) is 5.41 Å². The summed E-state index contributed by atoms with van der Waals surface area (Å²) in [7, 11) is 0. The van der Waals surface area contributed by atoms with Crippen LogP contribution in [0.25, 0.3) is 0 Å². The Kier molecular flexibility index (Phi) is 5.55. The van der Waals surface area contributed by atoms with Gasteiger partial charge in [-0.2, -0.15) is 0 Å². The molecule has 1 aromatic rings. The second-order valence-corrected chi connectivity index (χ2v) is 7.59. The first-order valence-corrected chi connectivity index (χ1v) is 8.52. The van der Waals surface area contributed by atoms with Gasteiger partial charge < -0.3 is 10.4 Å². The molecule has 0 bridgehead atoms. The van der Waals surface area contributed by atoms with Crippen LogP contribution in [0.1, 0.15) is 38.3 Å². The van der Waals surface area contributed by atoms with Crippen molar-refractivity contribution in [2.24, 2.45) is 0 Å². The van der Waals surface area contributed by atoms with Crippen molar-refractivity contribution in [3.8, 4) is 5.75 Å². The molecule has 0 atom stereocenters. The zero-order valence-electron chi connectivity index (χ0n) is 14.8. The number of phenolic OH excluding ortho intramolecular Hbond substituents is 1. The van der Waals surface area contributed by atoms with Gasteiger partial charge in [0.15, 0.2) is 0 Å². The van der Waals surface area contributed by atoms with Crippen LogP contribution in [-0.4, -0.2) is 17.4 Å². The van der Waals surface area contributed by atoms with Gasteiger partial charge in [-0.3, -0.25) is 5.41 Å². The maximum absolute atomic E-state index is 10.5. The first kappa shape index (κ1) is 18.3.